The van der Waals surface area contributed by atoms with Crippen LogP contribution in [-0.2, 0) is 6.54 Å². The maximum atomic E-state index is 13.2. The van der Waals surface area contributed by atoms with Crippen molar-refractivity contribution in [3.05, 3.63) is 61.9 Å². The van der Waals surface area contributed by atoms with Gasteiger partial charge in [-0.2, -0.15) is 0 Å². The summed E-state index contributed by atoms with van der Waals surface area (Å²) in [4.78, 5) is 10.6. The molecule has 2 aromatic rings. The molecule has 2 N–H and O–H groups in total. The maximum Gasteiger partial charge on any atom is 0.312 e. The number of ether oxygens (including phenoxy) is 1. The molecule has 7 heteroatoms. The van der Waals surface area contributed by atoms with Gasteiger partial charge in [-0.05, 0) is 36.8 Å². The Hall–Kier alpha value is -1.99. The highest BCUT2D eigenvalue weighted by atomic mass is 79.9. The van der Waals surface area contributed by atoms with E-state index in [2.05, 4.69) is 15.9 Å². The van der Waals surface area contributed by atoms with Crippen LogP contribution in [0, 0.1) is 22.9 Å². The Balaban J connectivity index is 2.51. The number of nitrogens with zero attached hydrogens (tertiary/aromatic N) is 1. The molecular weight excluding hydrogens is 343 g/mol. The largest absolute Gasteiger partial charge is 0.449 e. The fourth-order valence-electron chi connectivity index (χ4n) is 1.90. The molecule has 0 atom stereocenters. The molecule has 0 aromatic heterocycles. The van der Waals surface area contributed by atoms with E-state index in [4.69, 9.17) is 10.5 Å². The molecule has 0 unspecified atom stereocenters. The summed E-state index contributed by atoms with van der Waals surface area (Å²) < 4.78 is 19.4. The average Bonchev–Trinajstić information content (AvgIpc) is 2.42. The summed E-state index contributed by atoms with van der Waals surface area (Å²) in [7, 11) is 0. The Labute approximate surface area is 128 Å². The van der Waals surface area contributed by atoms with Crippen molar-refractivity contribution in [2.45, 2.75) is 13.5 Å². The van der Waals surface area contributed by atoms with Gasteiger partial charge >= 0.3 is 5.69 Å². The highest BCUT2D eigenvalue weighted by molar-refractivity contribution is 9.10. The quantitative estimate of drug-likeness (QED) is 0.663. The van der Waals surface area contributed by atoms with E-state index in [0.29, 0.717) is 21.3 Å². The second-order valence-electron chi connectivity index (χ2n) is 4.39. The monoisotopic (exact) mass is 354 g/mol. The molecule has 0 amide bonds. The smallest absolute Gasteiger partial charge is 0.312 e. The van der Waals surface area contributed by atoms with Crippen LogP contribution in [0.4, 0.5) is 10.1 Å². The first-order valence-corrected chi connectivity index (χ1v) is 6.82. The number of nitrogens with two attached hydrogens (primary N) is 1. The van der Waals surface area contributed by atoms with Crippen LogP contribution in [0.5, 0.6) is 11.5 Å². The average molecular weight is 355 g/mol. The first-order chi connectivity index (χ1) is 9.92. The summed E-state index contributed by atoms with van der Waals surface area (Å²) in [6.07, 6.45) is 0. The number of hydrogen-bond acceptors (Lipinski definition) is 4. The van der Waals surface area contributed by atoms with Crippen LogP contribution in [0.2, 0.25) is 0 Å². The van der Waals surface area contributed by atoms with Gasteiger partial charge in [-0.25, -0.2) is 4.39 Å². The fraction of sp³-hybridized carbons (Fsp3) is 0.143. The van der Waals surface area contributed by atoms with Gasteiger partial charge in [0.15, 0.2) is 0 Å². The lowest BCUT2D eigenvalue weighted by molar-refractivity contribution is -0.385. The highest BCUT2D eigenvalue weighted by Crippen LogP contribution is 2.38. The summed E-state index contributed by atoms with van der Waals surface area (Å²) >= 11 is 3.21. The number of rotatable bonds is 4. The van der Waals surface area contributed by atoms with Gasteiger partial charge in [0, 0.05) is 22.6 Å². The van der Waals surface area contributed by atoms with E-state index in [1.54, 1.807) is 13.0 Å². The third-order valence-electron chi connectivity index (χ3n) is 2.87. The number of halogens is 2. The summed E-state index contributed by atoms with van der Waals surface area (Å²) in [5.74, 6) is -0.0261. The van der Waals surface area contributed by atoms with Gasteiger partial charge in [-0.3, -0.25) is 10.1 Å². The van der Waals surface area contributed by atoms with Crippen molar-refractivity contribution < 1.29 is 14.1 Å². The van der Waals surface area contributed by atoms with E-state index in [0.717, 1.165) is 0 Å². The lowest BCUT2D eigenvalue weighted by Gasteiger charge is -2.12. The molecule has 0 aliphatic carbocycles. The molecule has 0 fully saturated rings. The molecule has 0 saturated heterocycles. The van der Waals surface area contributed by atoms with Gasteiger partial charge in [0.1, 0.15) is 11.6 Å². The van der Waals surface area contributed by atoms with E-state index in [1.165, 1.54) is 24.3 Å². The maximum absolute atomic E-state index is 13.2. The third-order valence-corrected chi connectivity index (χ3v) is 3.33. The van der Waals surface area contributed by atoms with Gasteiger partial charge in [-0.15, -0.1) is 0 Å². The van der Waals surface area contributed by atoms with Crippen LogP contribution in [0.1, 0.15) is 11.1 Å². The number of hydrogen-bond donors (Lipinski definition) is 1. The molecule has 2 rings (SSSR count). The molecule has 110 valence electrons. The molecule has 5 nitrogen and oxygen atoms in total. The molecule has 2 aromatic carbocycles. The van der Waals surface area contributed by atoms with Crippen molar-refractivity contribution in [2.24, 2.45) is 5.73 Å². The number of nitro groups is 1. The Kier molecular flexibility index (Phi) is 4.54. The molecule has 0 heterocycles. The molecule has 0 saturated carbocycles. The lowest BCUT2D eigenvalue weighted by atomic mass is 10.1. The number of aryl methyl sites for hydroxylation is 1. The van der Waals surface area contributed by atoms with E-state index >= 15 is 0 Å². The Bertz CT molecular complexity index is 707. The SMILES string of the molecule is Cc1cc(Br)cc([N+](=O)[O-])c1Oc1ccc(F)cc1CN. The first kappa shape index (κ1) is 15.4. The zero-order valence-electron chi connectivity index (χ0n) is 11.1. The second kappa shape index (κ2) is 6.19. The van der Waals surface area contributed by atoms with Crippen molar-refractivity contribution in [3.63, 3.8) is 0 Å². The van der Waals surface area contributed by atoms with Crippen molar-refractivity contribution in [1.82, 2.24) is 0 Å². The van der Waals surface area contributed by atoms with E-state index in [-0.39, 0.29) is 18.0 Å². The van der Waals surface area contributed by atoms with E-state index in [9.17, 15) is 14.5 Å². The van der Waals surface area contributed by atoms with Gasteiger partial charge in [-0.1, -0.05) is 15.9 Å². The van der Waals surface area contributed by atoms with E-state index in [1.807, 2.05) is 0 Å². The molecule has 0 aliphatic heterocycles. The van der Waals surface area contributed by atoms with Crippen molar-refractivity contribution in [1.29, 1.82) is 0 Å². The summed E-state index contributed by atoms with van der Waals surface area (Å²) in [5, 5.41) is 11.1. The minimum atomic E-state index is -0.529. The van der Waals surface area contributed by atoms with Crippen LogP contribution in [-0.4, -0.2) is 4.92 Å². The number of benzene rings is 2. The van der Waals surface area contributed by atoms with Crippen LogP contribution in [0.15, 0.2) is 34.8 Å². The Morgan fingerprint density at radius 1 is 1.38 bits per heavy atom. The Morgan fingerprint density at radius 2 is 2.10 bits per heavy atom. The Morgan fingerprint density at radius 3 is 2.71 bits per heavy atom. The van der Waals surface area contributed by atoms with Gasteiger partial charge in [0.2, 0.25) is 5.75 Å². The van der Waals surface area contributed by atoms with Crippen molar-refractivity contribution in [3.8, 4) is 11.5 Å². The topological polar surface area (TPSA) is 78.4 Å². The van der Waals surface area contributed by atoms with Gasteiger partial charge in [0.25, 0.3) is 0 Å². The van der Waals surface area contributed by atoms with Crippen molar-refractivity contribution >= 4 is 21.6 Å². The highest BCUT2D eigenvalue weighted by Gasteiger charge is 2.20. The van der Waals surface area contributed by atoms with Gasteiger partial charge in [0.05, 0.1) is 4.92 Å². The summed E-state index contributed by atoms with van der Waals surface area (Å²) in [6, 6.07) is 6.93. The third kappa shape index (κ3) is 3.37. The second-order valence-corrected chi connectivity index (χ2v) is 5.30. The first-order valence-electron chi connectivity index (χ1n) is 6.03. The van der Waals surface area contributed by atoms with Gasteiger partial charge < -0.3 is 10.5 Å². The molecule has 0 spiro atoms. The summed E-state index contributed by atoms with van der Waals surface area (Å²) in [6.45, 7) is 1.76. The molecular formula is C14H12BrFN2O3. The van der Waals surface area contributed by atoms with Crippen molar-refractivity contribution in [2.75, 3.05) is 0 Å². The zero-order valence-corrected chi connectivity index (χ0v) is 12.7. The predicted molar refractivity (Wildman–Crippen MR) is 79.9 cm³/mol. The predicted octanol–water partition coefficient (Wildman–Crippen LogP) is 4.06. The van der Waals surface area contributed by atoms with Crippen LogP contribution in [0.25, 0.3) is 0 Å². The van der Waals surface area contributed by atoms with E-state index < -0.39 is 10.7 Å². The summed E-state index contributed by atoms with van der Waals surface area (Å²) in [5.41, 5.74) is 6.40. The van der Waals surface area contributed by atoms with Crippen LogP contribution < -0.4 is 10.5 Å². The molecule has 0 aliphatic rings. The fourth-order valence-corrected chi connectivity index (χ4v) is 2.46. The zero-order chi connectivity index (χ0) is 15.6. The lowest BCUT2D eigenvalue weighted by Crippen LogP contribution is -2.02. The van der Waals surface area contributed by atoms with Crippen LogP contribution in [0.3, 0.4) is 0 Å². The minimum Gasteiger partial charge on any atom is -0.449 e. The normalized spacial score (nSPS) is 10.5. The standard InChI is InChI=1S/C14H12BrFN2O3/c1-8-4-10(15)6-12(18(19)20)14(8)21-13-3-2-11(16)5-9(13)7-17/h2-6H,7,17H2,1H3. The molecule has 21 heavy (non-hydrogen) atoms. The molecule has 0 radical (unpaired) electrons. The molecule has 0 bridgehead atoms. The number of nitro benzene ring substituents is 1. The minimum absolute atomic E-state index is 0.0659. The van der Waals surface area contributed by atoms with Crippen LogP contribution >= 0.6 is 15.9 Å².